The number of likely N-dealkylation sites (N-methyl/N-ethyl adjacent to an activating group) is 1. The van der Waals surface area contributed by atoms with Gasteiger partial charge in [-0.15, -0.1) is 0 Å². The van der Waals surface area contributed by atoms with Crippen molar-refractivity contribution < 1.29 is 9.47 Å². The molecular formula is C14H22N2O2. The maximum atomic E-state index is 5.69. The molecule has 0 aliphatic carbocycles. The summed E-state index contributed by atoms with van der Waals surface area (Å²) in [4.78, 5) is 2.18. The molecular weight excluding hydrogens is 228 g/mol. The Labute approximate surface area is 109 Å². The van der Waals surface area contributed by atoms with Gasteiger partial charge in [-0.1, -0.05) is 6.07 Å². The minimum Gasteiger partial charge on any atom is -0.497 e. The van der Waals surface area contributed by atoms with Gasteiger partial charge < -0.3 is 19.7 Å². The summed E-state index contributed by atoms with van der Waals surface area (Å²) in [5.74, 6) is 1.80. The molecule has 1 aromatic carbocycles. The first kappa shape index (κ1) is 13.2. The fraction of sp³-hybridized carbons (Fsp3) is 0.571. The molecule has 1 N–H and O–H groups in total. The zero-order valence-electron chi connectivity index (χ0n) is 11.4. The molecule has 0 spiro atoms. The summed E-state index contributed by atoms with van der Waals surface area (Å²) in [7, 11) is 5.85. The summed E-state index contributed by atoms with van der Waals surface area (Å²) >= 11 is 0. The lowest BCUT2D eigenvalue weighted by Crippen LogP contribution is -2.32. The number of nitrogens with one attached hydrogen (secondary N) is 1. The largest absolute Gasteiger partial charge is 0.497 e. The number of benzene rings is 1. The second-order valence-electron chi connectivity index (χ2n) is 4.85. The van der Waals surface area contributed by atoms with Crippen LogP contribution < -0.4 is 14.8 Å². The van der Waals surface area contributed by atoms with Crippen molar-refractivity contribution in [2.45, 2.75) is 12.5 Å². The zero-order valence-corrected chi connectivity index (χ0v) is 11.4. The first-order valence-corrected chi connectivity index (χ1v) is 6.39. The number of hydrogen-bond acceptors (Lipinski definition) is 4. The second kappa shape index (κ2) is 6.07. The number of nitrogens with zero attached hydrogens (tertiary/aromatic N) is 1. The molecule has 2 rings (SSSR count). The van der Waals surface area contributed by atoms with Gasteiger partial charge in [0.1, 0.15) is 11.5 Å². The zero-order chi connectivity index (χ0) is 13.0. The number of fused-ring (bicyclic) bond motifs is 1. The van der Waals surface area contributed by atoms with Gasteiger partial charge in [0.2, 0.25) is 0 Å². The highest BCUT2D eigenvalue weighted by molar-refractivity contribution is 5.43. The third-order valence-corrected chi connectivity index (χ3v) is 3.21. The topological polar surface area (TPSA) is 33.7 Å². The Balaban J connectivity index is 2.03. The molecule has 1 heterocycles. The fourth-order valence-electron chi connectivity index (χ4n) is 2.17. The van der Waals surface area contributed by atoms with Crippen LogP contribution in [0.2, 0.25) is 0 Å². The molecule has 4 nitrogen and oxygen atoms in total. The highest BCUT2D eigenvalue weighted by Crippen LogP contribution is 2.34. The summed E-state index contributed by atoms with van der Waals surface area (Å²) in [6.07, 6.45) is 1.02. The molecule has 0 bridgehead atoms. The molecule has 100 valence electrons. The molecule has 1 aliphatic heterocycles. The van der Waals surface area contributed by atoms with E-state index in [2.05, 4.69) is 30.4 Å². The third kappa shape index (κ3) is 3.15. The summed E-state index contributed by atoms with van der Waals surface area (Å²) < 4.78 is 10.9. The predicted octanol–water partition coefficient (Wildman–Crippen LogP) is 1.67. The number of ether oxygens (including phenoxy) is 2. The van der Waals surface area contributed by atoms with Gasteiger partial charge in [0.15, 0.2) is 0 Å². The van der Waals surface area contributed by atoms with E-state index in [1.807, 2.05) is 12.1 Å². The van der Waals surface area contributed by atoms with Gasteiger partial charge in [0, 0.05) is 37.2 Å². The number of methoxy groups -OCH3 is 1. The highest BCUT2D eigenvalue weighted by atomic mass is 16.5. The van der Waals surface area contributed by atoms with Crippen LogP contribution in [0.25, 0.3) is 0 Å². The first-order valence-electron chi connectivity index (χ1n) is 6.39. The van der Waals surface area contributed by atoms with Gasteiger partial charge in [-0.05, 0) is 20.2 Å². The van der Waals surface area contributed by atoms with Crippen LogP contribution >= 0.6 is 0 Å². The van der Waals surface area contributed by atoms with Crippen LogP contribution in [0.1, 0.15) is 18.0 Å². The lowest BCUT2D eigenvalue weighted by Gasteiger charge is -2.27. The normalized spacial score (nSPS) is 18.3. The van der Waals surface area contributed by atoms with Crippen LogP contribution in [-0.2, 0) is 0 Å². The van der Waals surface area contributed by atoms with Gasteiger partial charge in [-0.2, -0.15) is 0 Å². The van der Waals surface area contributed by atoms with Gasteiger partial charge in [0.25, 0.3) is 0 Å². The molecule has 1 unspecified atom stereocenters. The van der Waals surface area contributed by atoms with E-state index in [0.29, 0.717) is 6.04 Å². The van der Waals surface area contributed by atoms with E-state index in [4.69, 9.17) is 9.47 Å². The predicted molar refractivity (Wildman–Crippen MR) is 72.4 cm³/mol. The van der Waals surface area contributed by atoms with E-state index < -0.39 is 0 Å². The average Bonchev–Trinajstić information content (AvgIpc) is 2.38. The van der Waals surface area contributed by atoms with E-state index in [-0.39, 0.29) is 0 Å². The summed E-state index contributed by atoms with van der Waals surface area (Å²) in [6.45, 7) is 2.80. The van der Waals surface area contributed by atoms with Crippen molar-refractivity contribution in [3.05, 3.63) is 23.8 Å². The molecule has 18 heavy (non-hydrogen) atoms. The smallest absolute Gasteiger partial charge is 0.127 e. The van der Waals surface area contributed by atoms with E-state index in [1.165, 1.54) is 5.56 Å². The molecule has 0 amide bonds. The lowest BCUT2D eigenvalue weighted by molar-refractivity contribution is 0.248. The maximum Gasteiger partial charge on any atom is 0.127 e. The second-order valence-corrected chi connectivity index (χ2v) is 4.85. The minimum atomic E-state index is 0.389. The standard InChI is InChI=1S/C14H22N2O2/c1-16(2)8-7-15-13-6-9-18-14-10-11(17-3)4-5-12(13)14/h4-5,10,13,15H,6-9H2,1-3H3. The molecule has 0 saturated carbocycles. The fourth-order valence-corrected chi connectivity index (χ4v) is 2.17. The third-order valence-electron chi connectivity index (χ3n) is 3.21. The maximum absolute atomic E-state index is 5.69. The Morgan fingerprint density at radius 1 is 1.44 bits per heavy atom. The van der Waals surface area contributed by atoms with Gasteiger partial charge >= 0.3 is 0 Å². The van der Waals surface area contributed by atoms with Gasteiger partial charge in [-0.3, -0.25) is 0 Å². The van der Waals surface area contributed by atoms with Gasteiger partial charge in [0.05, 0.1) is 13.7 Å². The van der Waals surface area contributed by atoms with E-state index >= 15 is 0 Å². The van der Waals surface area contributed by atoms with Crippen molar-refractivity contribution >= 4 is 0 Å². The SMILES string of the molecule is COc1ccc2c(c1)OCCC2NCCN(C)C. The molecule has 0 radical (unpaired) electrons. The summed E-state index contributed by atoms with van der Waals surface area (Å²) in [5, 5.41) is 3.58. The Bertz CT molecular complexity index is 393. The molecule has 4 heteroatoms. The monoisotopic (exact) mass is 250 g/mol. The highest BCUT2D eigenvalue weighted by Gasteiger charge is 2.21. The molecule has 0 fully saturated rings. The number of hydrogen-bond donors (Lipinski definition) is 1. The van der Waals surface area contributed by atoms with Gasteiger partial charge in [-0.25, -0.2) is 0 Å². The number of rotatable bonds is 5. The van der Waals surface area contributed by atoms with E-state index in [1.54, 1.807) is 7.11 Å². The van der Waals surface area contributed by atoms with E-state index in [0.717, 1.165) is 37.6 Å². The Morgan fingerprint density at radius 2 is 2.28 bits per heavy atom. The lowest BCUT2D eigenvalue weighted by atomic mass is 10.0. The van der Waals surface area contributed by atoms with Crippen LogP contribution in [0.15, 0.2) is 18.2 Å². The Morgan fingerprint density at radius 3 is 3.00 bits per heavy atom. The summed E-state index contributed by atoms with van der Waals surface area (Å²) in [5.41, 5.74) is 1.24. The average molecular weight is 250 g/mol. The van der Waals surface area contributed by atoms with Crippen LogP contribution in [-0.4, -0.2) is 45.8 Å². The van der Waals surface area contributed by atoms with Crippen LogP contribution in [0.4, 0.5) is 0 Å². The quantitative estimate of drug-likeness (QED) is 0.862. The molecule has 1 aromatic rings. The Kier molecular flexibility index (Phi) is 4.44. The molecule has 1 atom stereocenters. The van der Waals surface area contributed by atoms with Crippen LogP contribution in [0, 0.1) is 0 Å². The van der Waals surface area contributed by atoms with Crippen molar-refractivity contribution in [2.24, 2.45) is 0 Å². The van der Waals surface area contributed by atoms with Crippen molar-refractivity contribution in [3.63, 3.8) is 0 Å². The van der Waals surface area contributed by atoms with Crippen LogP contribution in [0.5, 0.6) is 11.5 Å². The van der Waals surface area contributed by atoms with Crippen molar-refractivity contribution in [3.8, 4) is 11.5 Å². The summed E-state index contributed by atoms with van der Waals surface area (Å²) in [6, 6.07) is 6.45. The van der Waals surface area contributed by atoms with E-state index in [9.17, 15) is 0 Å². The molecule has 1 aliphatic rings. The minimum absolute atomic E-state index is 0.389. The Hall–Kier alpha value is -1.26. The van der Waals surface area contributed by atoms with Crippen molar-refractivity contribution in [1.82, 2.24) is 10.2 Å². The van der Waals surface area contributed by atoms with Crippen molar-refractivity contribution in [2.75, 3.05) is 40.9 Å². The molecule has 0 aromatic heterocycles. The first-order chi connectivity index (χ1) is 8.70. The molecule has 0 saturated heterocycles. The van der Waals surface area contributed by atoms with Crippen molar-refractivity contribution in [1.29, 1.82) is 0 Å². The van der Waals surface area contributed by atoms with Crippen LogP contribution in [0.3, 0.4) is 0 Å².